The van der Waals surface area contributed by atoms with Crippen LogP contribution in [0, 0.1) is 12.3 Å². The second kappa shape index (κ2) is 4.37. The highest BCUT2D eigenvalue weighted by Crippen LogP contribution is 2.32. The van der Waals surface area contributed by atoms with Crippen molar-refractivity contribution in [1.82, 2.24) is 0 Å². The third-order valence-corrected chi connectivity index (χ3v) is 3.15. The molecule has 17 heavy (non-hydrogen) atoms. The average Bonchev–Trinajstić information content (AvgIpc) is 2.69. The lowest BCUT2D eigenvalue weighted by Gasteiger charge is -2.18. The van der Waals surface area contributed by atoms with E-state index in [1.165, 1.54) is 22.3 Å². The van der Waals surface area contributed by atoms with E-state index < -0.39 is 0 Å². The van der Waals surface area contributed by atoms with E-state index in [1.54, 1.807) is 0 Å². The quantitative estimate of drug-likeness (QED) is 0.635. The lowest BCUT2D eigenvalue weighted by Crippen LogP contribution is -2.05. The molecule has 0 spiro atoms. The van der Waals surface area contributed by atoms with Crippen LogP contribution in [0.1, 0.15) is 31.9 Å². The summed E-state index contributed by atoms with van der Waals surface area (Å²) >= 11 is 0. The second-order valence-electron chi connectivity index (χ2n) is 5.68. The Morgan fingerprint density at radius 1 is 1.00 bits per heavy atom. The second-order valence-corrected chi connectivity index (χ2v) is 5.68. The molecule has 1 aromatic rings. The number of aryl methyl sites for hydroxylation is 1. The fraction of sp³-hybridized carbons (Fsp3) is 0.294. The molecule has 0 N–H and O–H groups in total. The zero-order valence-corrected chi connectivity index (χ0v) is 11.1. The first kappa shape index (κ1) is 11.9. The van der Waals surface area contributed by atoms with Gasteiger partial charge in [-0.05, 0) is 40.7 Å². The third-order valence-electron chi connectivity index (χ3n) is 3.15. The number of allylic oxidation sites excluding steroid dienone is 5. The predicted molar refractivity (Wildman–Crippen MR) is 75.8 cm³/mol. The molecule has 0 heteroatoms. The van der Waals surface area contributed by atoms with Gasteiger partial charge in [0.25, 0.3) is 0 Å². The largest absolute Gasteiger partial charge is 0.0620 e. The summed E-state index contributed by atoms with van der Waals surface area (Å²) in [7, 11) is 0. The molecule has 0 unspecified atom stereocenters. The van der Waals surface area contributed by atoms with Crippen LogP contribution in [-0.4, -0.2) is 0 Å². The van der Waals surface area contributed by atoms with Gasteiger partial charge < -0.3 is 0 Å². The molecular weight excluding hydrogens is 204 g/mol. The number of hydrogen-bond donors (Lipinski definition) is 0. The van der Waals surface area contributed by atoms with E-state index in [9.17, 15) is 0 Å². The number of benzene rings is 1. The maximum Gasteiger partial charge on any atom is -0.0132 e. The van der Waals surface area contributed by atoms with Crippen LogP contribution in [-0.2, 0) is 0 Å². The molecule has 1 aliphatic carbocycles. The minimum atomic E-state index is 0.234. The van der Waals surface area contributed by atoms with E-state index in [2.05, 4.69) is 76.3 Å². The fourth-order valence-electron chi connectivity index (χ4n) is 1.95. The van der Waals surface area contributed by atoms with Crippen molar-refractivity contribution in [2.24, 2.45) is 5.41 Å². The van der Waals surface area contributed by atoms with Crippen LogP contribution >= 0.6 is 0 Å². The molecule has 0 atom stereocenters. The monoisotopic (exact) mass is 224 g/mol. The van der Waals surface area contributed by atoms with Gasteiger partial charge in [0.15, 0.2) is 0 Å². The van der Waals surface area contributed by atoms with Crippen LogP contribution in [0.3, 0.4) is 0 Å². The van der Waals surface area contributed by atoms with Crippen molar-refractivity contribution in [3.8, 4) is 0 Å². The molecule has 0 aliphatic heterocycles. The number of hydrogen-bond acceptors (Lipinski definition) is 0. The predicted octanol–water partition coefficient (Wildman–Crippen LogP) is 4.92. The van der Waals surface area contributed by atoms with Gasteiger partial charge in [0, 0.05) is 0 Å². The van der Waals surface area contributed by atoms with Gasteiger partial charge in [0.2, 0.25) is 0 Å². The van der Waals surface area contributed by atoms with E-state index in [0.717, 1.165) is 0 Å². The molecule has 0 radical (unpaired) electrons. The lowest BCUT2D eigenvalue weighted by molar-refractivity contribution is 0.518. The maximum absolute atomic E-state index is 2.28. The summed E-state index contributed by atoms with van der Waals surface area (Å²) in [5, 5.41) is 0. The van der Waals surface area contributed by atoms with E-state index in [-0.39, 0.29) is 5.41 Å². The van der Waals surface area contributed by atoms with Gasteiger partial charge in [-0.1, -0.05) is 63.3 Å². The molecule has 1 aliphatic rings. The van der Waals surface area contributed by atoms with Crippen LogP contribution < -0.4 is 0 Å². The van der Waals surface area contributed by atoms with Gasteiger partial charge in [-0.2, -0.15) is 0 Å². The van der Waals surface area contributed by atoms with Crippen LogP contribution in [0.5, 0.6) is 0 Å². The Morgan fingerprint density at radius 2 is 1.71 bits per heavy atom. The average molecular weight is 224 g/mol. The molecule has 2 rings (SSSR count). The first-order valence-corrected chi connectivity index (χ1v) is 6.14. The van der Waals surface area contributed by atoms with Gasteiger partial charge in [-0.15, -0.1) is 0 Å². The molecule has 0 saturated carbocycles. The molecule has 0 aromatic heterocycles. The third kappa shape index (κ3) is 2.76. The molecule has 0 saturated heterocycles. The maximum atomic E-state index is 2.28. The molecular formula is C17H20. The molecule has 0 amide bonds. The van der Waals surface area contributed by atoms with Crippen molar-refractivity contribution in [1.29, 1.82) is 0 Å². The zero-order chi connectivity index (χ0) is 12.5. The fourth-order valence-corrected chi connectivity index (χ4v) is 1.95. The highest BCUT2D eigenvalue weighted by molar-refractivity contribution is 5.65. The Bertz CT molecular complexity index is 505. The SMILES string of the molecule is Cc1ccccc1C=C1C=CC(C(C)(C)C)=C1. The van der Waals surface area contributed by atoms with Crippen LogP contribution in [0.15, 0.2) is 53.6 Å². The summed E-state index contributed by atoms with van der Waals surface area (Å²) < 4.78 is 0. The Kier molecular flexibility index (Phi) is 3.06. The van der Waals surface area contributed by atoms with Gasteiger partial charge in [-0.25, -0.2) is 0 Å². The summed E-state index contributed by atoms with van der Waals surface area (Å²) in [6.07, 6.45) is 8.97. The summed E-state index contributed by atoms with van der Waals surface area (Å²) in [5.41, 5.74) is 5.56. The molecule has 0 bridgehead atoms. The molecule has 0 nitrogen and oxygen atoms in total. The van der Waals surface area contributed by atoms with Crippen molar-refractivity contribution < 1.29 is 0 Å². The standard InChI is InChI=1S/C17H20/c1-13-7-5-6-8-15(13)11-14-9-10-16(12-14)17(2,3)4/h5-12H,1-4H3. The molecule has 0 fully saturated rings. The van der Waals surface area contributed by atoms with Crippen LogP contribution in [0.4, 0.5) is 0 Å². The topological polar surface area (TPSA) is 0 Å². The first-order valence-electron chi connectivity index (χ1n) is 6.14. The Balaban J connectivity index is 2.31. The summed E-state index contributed by atoms with van der Waals surface area (Å²) in [5.74, 6) is 0. The van der Waals surface area contributed by atoms with E-state index in [4.69, 9.17) is 0 Å². The highest BCUT2D eigenvalue weighted by Gasteiger charge is 2.17. The summed E-state index contributed by atoms with van der Waals surface area (Å²) in [4.78, 5) is 0. The molecule has 1 aromatic carbocycles. The molecule has 0 heterocycles. The van der Waals surface area contributed by atoms with E-state index in [1.807, 2.05) is 0 Å². The van der Waals surface area contributed by atoms with Crippen molar-refractivity contribution in [2.75, 3.05) is 0 Å². The van der Waals surface area contributed by atoms with Gasteiger partial charge >= 0.3 is 0 Å². The van der Waals surface area contributed by atoms with Crippen LogP contribution in [0.2, 0.25) is 0 Å². The Morgan fingerprint density at radius 3 is 2.29 bits per heavy atom. The minimum absolute atomic E-state index is 0.234. The molecule has 88 valence electrons. The Hall–Kier alpha value is -1.56. The van der Waals surface area contributed by atoms with Gasteiger partial charge in [0.05, 0.1) is 0 Å². The smallest absolute Gasteiger partial charge is 0.0132 e. The highest BCUT2D eigenvalue weighted by atomic mass is 14.2. The van der Waals surface area contributed by atoms with E-state index in [0.29, 0.717) is 0 Å². The number of rotatable bonds is 1. The minimum Gasteiger partial charge on any atom is -0.0620 e. The summed E-state index contributed by atoms with van der Waals surface area (Å²) in [6, 6.07) is 8.49. The van der Waals surface area contributed by atoms with Crippen LogP contribution in [0.25, 0.3) is 6.08 Å². The summed E-state index contributed by atoms with van der Waals surface area (Å²) in [6.45, 7) is 8.90. The first-order chi connectivity index (χ1) is 7.97. The van der Waals surface area contributed by atoms with Gasteiger partial charge in [-0.3, -0.25) is 0 Å². The Labute approximate surface area is 104 Å². The van der Waals surface area contributed by atoms with Crippen molar-refractivity contribution in [2.45, 2.75) is 27.7 Å². The lowest BCUT2D eigenvalue weighted by atomic mass is 9.87. The normalized spacial score (nSPS) is 17.6. The van der Waals surface area contributed by atoms with Gasteiger partial charge in [0.1, 0.15) is 0 Å². The van der Waals surface area contributed by atoms with E-state index >= 15 is 0 Å². The van der Waals surface area contributed by atoms with Crippen molar-refractivity contribution in [3.63, 3.8) is 0 Å². The van der Waals surface area contributed by atoms with Crippen molar-refractivity contribution in [3.05, 3.63) is 64.8 Å². The van der Waals surface area contributed by atoms with Crippen molar-refractivity contribution >= 4 is 6.08 Å². The zero-order valence-electron chi connectivity index (χ0n) is 11.1.